The number of carbonyl (C=O) groups is 1. The molecular formula is C27H33N5O3. The number of benzene rings is 2. The lowest BCUT2D eigenvalue weighted by Crippen LogP contribution is -2.06. The lowest BCUT2D eigenvalue weighted by molar-refractivity contribution is 0.101. The summed E-state index contributed by atoms with van der Waals surface area (Å²) in [6.45, 7) is 6.60. The van der Waals surface area contributed by atoms with Gasteiger partial charge in [-0.1, -0.05) is 38.5 Å². The molecule has 0 aliphatic rings. The Morgan fingerprint density at radius 1 is 1.14 bits per heavy atom. The number of carbonyl (C=O) groups excluding carboxylic acids is 1. The minimum atomic E-state index is -0.159. The first kappa shape index (κ1) is 25.9. The van der Waals surface area contributed by atoms with E-state index >= 15 is 0 Å². The molecule has 1 N–H and O–H groups in total. The third kappa shape index (κ3) is 6.89. The first-order valence-corrected chi connectivity index (χ1v) is 12.2. The summed E-state index contributed by atoms with van der Waals surface area (Å²) >= 11 is 0. The fraction of sp³-hybridized carbons (Fsp3) is 0.444. The second-order valence-electron chi connectivity index (χ2n) is 8.58. The van der Waals surface area contributed by atoms with Gasteiger partial charge >= 0.3 is 0 Å². The minimum absolute atomic E-state index is 0.0309. The summed E-state index contributed by atoms with van der Waals surface area (Å²) in [6.07, 6.45) is 5.13. The number of tetrazole rings is 1. The highest BCUT2D eigenvalue weighted by Crippen LogP contribution is 2.33. The number of hydrogen-bond acceptors (Lipinski definition) is 7. The standard InChI is InChI=1S/C27H33N5O3/c1-4-8-24-25(13-12-23(19(3)33)27(24)34)35-16-7-6-9-26-29-31-32(30-26)18-20-10-11-22(14-15-28)21(5-2)17-20/h10-13,17,34H,4-9,14,16,18H2,1-3H3. The molecule has 1 aromatic heterocycles. The Balaban J connectivity index is 1.50. The molecule has 2 aromatic carbocycles. The van der Waals surface area contributed by atoms with Gasteiger partial charge in [-0.3, -0.25) is 4.79 Å². The van der Waals surface area contributed by atoms with E-state index in [1.807, 2.05) is 19.1 Å². The first-order valence-electron chi connectivity index (χ1n) is 12.2. The number of Topliss-reactive ketones (excluding diaryl/α,β-unsaturated/α-hetero) is 1. The highest BCUT2D eigenvalue weighted by molar-refractivity contribution is 5.97. The van der Waals surface area contributed by atoms with Gasteiger partial charge in [0.25, 0.3) is 0 Å². The summed E-state index contributed by atoms with van der Waals surface area (Å²) in [6, 6.07) is 11.7. The Bertz CT molecular complexity index is 1200. The number of aromatic hydroxyl groups is 1. The van der Waals surface area contributed by atoms with Crippen LogP contribution in [0.1, 0.15) is 78.5 Å². The Hall–Kier alpha value is -3.73. The number of unbranched alkanes of at least 4 members (excludes halogenated alkanes) is 1. The molecule has 0 aliphatic carbocycles. The third-order valence-electron chi connectivity index (χ3n) is 5.91. The van der Waals surface area contributed by atoms with Crippen molar-refractivity contribution in [3.63, 3.8) is 0 Å². The van der Waals surface area contributed by atoms with Crippen molar-refractivity contribution in [3.05, 3.63) is 64.0 Å². The van der Waals surface area contributed by atoms with Crippen molar-refractivity contribution in [1.82, 2.24) is 20.2 Å². The lowest BCUT2D eigenvalue weighted by Gasteiger charge is -2.14. The van der Waals surface area contributed by atoms with E-state index in [0.717, 1.165) is 36.8 Å². The van der Waals surface area contributed by atoms with Crippen LogP contribution in [-0.2, 0) is 32.2 Å². The molecule has 3 rings (SSSR count). The van der Waals surface area contributed by atoms with Gasteiger partial charge in [-0.15, -0.1) is 10.2 Å². The number of hydrogen-bond donors (Lipinski definition) is 1. The molecule has 0 saturated carbocycles. The van der Waals surface area contributed by atoms with Crippen molar-refractivity contribution < 1.29 is 14.6 Å². The van der Waals surface area contributed by atoms with Gasteiger partial charge in [0.05, 0.1) is 31.2 Å². The Kier molecular flexibility index (Phi) is 9.36. The normalized spacial score (nSPS) is 10.8. The van der Waals surface area contributed by atoms with Gasteiger partial charge in [0, 0.05) is 12.0 Å². The molecule has 8 heteroatoms. The molecule has 1 heterocycles. The third-order valence-corrected chi connectivity index (χ3v) is 5.91. The van der Waals surface area contributed by atoms with E-state index in [2.05, 4.69) is 34.5 Å². The van der Waals surface area contributed by atoms with Crippen LogP contribution in [-0.4, -0.2) is 37.7 Å². The van der Waals surface area contributed by atoms with Crippen molar-refractivity contribution in [1.29, 1.82) is 5.26 Å². The van der Waals surface area contributed by atoms with Crippen LogP contribution in [0.25, 0.3) is 0 Å². The molecule has 184 valence electrons. The van der Waals surface area contributed by atoms with E-state index in [1.54, 1.807) is 16.9 Å². The molecule has 8 nitrogen and oxygen atoms in total. The number of ether oxygens (including phenoxy) is 1. The highest BCUT2D eigenvalue weighted by Gasteiger charge is 2.16. The number of rotatable bonds is 13. The van der Waals surface area contributed by atoms with E-state index in [4.69, 9.17) is 10.00 Å². The van der Waals surface area contributed by atoms with E-state index in [9.17, 15) is 9.90 Å². The topological polar surface area (TPSA) is 114 Å². The van der Waals surface area contributed by atoms with Crippen molar-refractivity contribution >= 4 is 5.78 Å². The molecule has 0 aliphatic heterocycles. The summed E-state index contributed by atoms with van der Waals surface area (Å²) < 4.78 is 5.92. The molecule has 0 bridgehead atoms. The summed E-state index contributed by atoms with van der Waals surface area (Å²) in [7, 11) is 0. The van der Waals surface area contributed by atoms with Crippen molar-refractivity contribution in [3.8, 4) is 17.6 Å². The lowest BCUT2D eigenvalue weighted by atomic mass is 10.00. The second-order valence-corrected chi connectivity index (χ2v) is 8.58. The summed E-state index contributed by atoms with van der Waals surface area (Å²) in [5.74, 6) is 1.19. The van der Waals surface area contributed by atoms with Gasteiger partial charge in [-0.2, -0.15) is 10.1 Å². The predicted molar refractivity (Wildman–Crippen MR) is 133 cm³/mol. The van der Waals surface area contributed by atoms with E-state index in [1.165, 1.54) is 12.5 Å². The van der Waals surface area contributed by atoms with Crippen LogP contribution in [0.5, 0.6) is 11.5 Å². The van der Waals surface area contributed by atoms with Gasteiger partial charge in [-0.25, -0.2) is 0 Å². The SMILES string of the molecule is CCCc1c(OCCCCc2nnn(Cc3ccc(CC#N)c(CC)c3)n2)ccc(C(C)=O)c1O. The Labute approximate surface area is 206 Å². The van der Waals surface area contributed by atoms with Gasteiger partial charge in [0.1, 0.15) is 11.5 Å². The monoisotopic (exact) mass is 475 g/mol. The number of aromatic nitrogens is 4. The zero-order valence-corrected chi connectivity index (χ0v) is 20.8. The number of ketones is 1. The van der Waals surface area contributed by atoms with E-state index in [0.29, 0.717) is 55.1 Å². The Morgan fingerprint density at radius 2 is 1.97 bits per heavy atom. The zero-order valence-electron chi connectivity index (χ0n) is 20.8. The van der Waals surface area contributed by atoms with Crippen molar-refractivity contribution in [2.45, 2.75) is 72.3 Å². The van der Waals surface area contributed by atoms with Crippen LogP contribution in [0.2, 0.25) is 0 Å². The summed E-state index contributed by atoms with van der Waals surface area (Å²) in [5.41, 5.74) is 4.36. The average molecular weight is 476 g/mol. The van der Waals surface area contributed by atoms with Gasteiger partial charge in [0.15, 0.2) is 11.6 Å². The maximum atomic E-state index is 11.7. The smallest absolute Gasteiger partial charge is 0.174 e. The van der Waals surface area contributed by atoms with E-state index in [-0.39, 0.29) is 11.5 Å². The molecule has 35 heavy (non-hydrogen) atoms. The largest absolute Gasteiger partial charge is 0.507 e. The first-order chi connectivity index (χ1) is 17.0. The number of nitriles is 1. The maximum Gasteiger partial charge on any atom is 0.174 e. The quantitative estimate of drug-likeness (QED) is 0.283. The molecule has 0 radical (unpaired) electrons. The molecule has 0 spiro atoms. The molecular weight excluding hydrogens is 442 g/mol. The van der Waals surface area contributed by atoms with Gasteiger partial charge in [0.2, 0.25) is 0 Å². The molecule has 0 amide bonds. The molecule has 0 atom stereocenters. The van der Waals surface area contributed by atoms with Crippen LogP contribution >= 0.6 is 0 Å². The number of nitrogens with zero attached hydrogens (tertiary/aromatic N) is 5. The highest BCUT2D eigenvalue weighted by atomic mass is 16.5. The van der Waals surface area contributed by atoms with E-state index < -0.39 is 0 Å². The van der Waals surface area contributed by atoms with Crippen molar-refractivity contribution in [2.75, 3.05) is 6.61 Å². The zero-order chi connectivity index (χ0) is 25.2. The summed E-state index contributed by atoms with van der Waals surface area (Å²) in [5, 5.41) is 32.3. The predicted octanol–water partition coefficient (Wildman–Crippen LogP) is 4.61. The minimum Gasteiger partial charge on any atom is -0.507 e. The van der Waals surface area contributed by atoms with Crippen LogP contribution in [0.4, 0.5) is 0 Å². The number of phenols is 1. The average Bonchev–Trinajstić information content (AvgIpc) is 3.28. The molecule has 0 saturated heterocycles. The second kappa shape index (κ2) is 12.7. The molecule has 0 unspecified atom stereocenters. The van der Waals surface area contributed by atoms with Crippen LogP contribution in [0.15, 0.2) is 30.3 Å². The van der Waals surface area contributed by atoms with Crippen LogP contribution in [0.3, 0.4) is 0 Å². The molecule has 0 fully saturated rings. The maximum absolute atomic E-state index is 11.7. The Morgan fingerprint density at radius 3 is 2.69 bits per heavy atom. The fourth-order valence-electron chi connectivity index (χ4n) is 4.07. The summed E-state index contributed by atoms with van der Waals surface area (Å²) in [4.78, 5) is 13.3. The fourth-order valence-corrected chi connectivity index (χ4v) is 4.07. The van der Waals surface area contributed by atoms with Crippen LogP contribution in [0, 0.1) is 11.3 Å². The number of phenolic OH excluding ortho intramolecular Hbond substituents is 1. The molecule has 3 aromatic rings. The van der Waals surface area contributed by atoms with Crippen molar-refractivity contribution in [2.24, 2.45) is 0 Å². The van der Waals surface area contributed by atoms with Gasteiger partial charge in [-0.05, 0) is 66.6 Å². The van der Waals surface area contributed by atoms with Crippen LogP contribution < -0.4 is 4.74 Å². The number of aryl methyl sites for hydroxylation is 2. The van der Waals surface area contributed by atoms with Gasteiger partial charge < -0.3 is 9.84 Å².